The monoisotopic (exact) mass is 315 g/mol. The van der Waals surface area contributed by atoms with E-state index >= 15 is 0 Å². The molecule has 0 aromatic carbocycles. The Balaban J connectivity index is 1.68. The number of hydrogen-bond donors (Lipinski definition) is 0. The molecule has 2 aromatic rings. The summed E-state index contributed by atoms with van der Waals surface area (Å²) >= 11 is 0. The molecule has 1 amide bonds. The molecule has 0 saturated carbocycles. The Kier molecular flexibility index (Phi) is 4.55. The van der Waals surface area contributed by atoms with E-state index in [0.717, 1.165) is 36.5 Å². The van der Waals surface area contributed by atoms with Gasteiger partial charge in [0.25, 0.3) is 0 Å². The van der Waals surface area contributed by atoms with E-state index in [1.165, 1.54) is 0 Å². The van der Waals surface area contributed by atoms with Crippen LogP contribution >= 0.6 is 0 Å². The van der Waals surface area contributed by atoms with Gasteiger partial charge in [0, 0.05) is 25.7 Å². The Morgan fingerprint density at radius 1 is 1.39 bits per heavy atom. The van der Waals surface area contributed by atoms with Crippen LogP contribution in [0.3, 0.4) is 0 Å². The van der Waals surface area contributed by atoms with Gasteiger partial charge in [0.05, 0.1) is 12.2 Å². The van der Waals surface area contributed by atoms with E-state index in [9.17, 15) is 4.79 Å². The molecule has 124 valence electrons. The molecule has 1 aliphatic rings. The molecule has 0 bridgehead atoms. The van der Waals surface area contributed by atoms with Crippen LogP contribution in [0.15, 0.2) is 28.9 Å². The minimum atomic E-state index is 0.0688. The number of carbonyl (C=O) groups is 1. The zero-order valence-electron chi connectivity index (χ0n) is 14.2. The number of hydrogen-bond acceptors (Lipinski definition) is 3. The summed E-state index contributed by atoms with van der Waals surface area (Å²) in [5, 5.41) is 4.25. The normalized spacial score (nSPS) is 21.6. The molecule has 0 N–H and O–H groups in total. The summed E-state index contributed by atoms with van der Waals surface area (Å²) in [6, 6.07) is 4.05. The number of rotatable bonds is 4. The van der Waals surface area contributed by atoms with Crippen molar-refractivity contribution in [2.45, 2.75) is 52.6 Å². The van der Waals surface area contributed by atoms with E-state index < -0.39 is 0 Å². The Morgan fingerprint density at radius 3 is 2.87 bits per heavy atom. The van der Waals surface area contributed by atoms with Gasteiger partial charge in [-0.15, -0.1) is 0 Å². The van der Waals surface area contributed by atoms with Crippen molar-refractivity contribution in [3.05, 3.63) is 41.6 Å². The fraction of sp³-hybridized carbons (Fsp3) is 0.556. The summed E-state index contributed by atoms with van der Waals surface area (Å²) in [6.07, 6.45) is 6.30. The lowest BCUT2D eigenvalue weighted by Gasteiger charge is -2.37. The van der Waals surface area contributed by atoms with Gasteiger partial charge >= 0.3 is 0 Å². The molecule has 0 spiro atoms. The second-order valence-electron chi connectivity index (χ2n) is 6.71. The maximum atomic E-state index is 12.7. The zero-order chi connectivity index (χ0) is 16.4. The number of piperidine rings is 1. The molecule has 1 saturated heterocycles. The Morgan fingerprint density at radius 2 is 2.22 bits per heavy atom. The summed E-state index contributed by atoms with van der Waals surface area (Å²) in [5.41, 5.74) is 1.12. The third-order valence-corrected chi connectivity index (χ3v) is 4.59. The van der Waals surface area contributed by atoms with Crippen LogP contribution in [0, 0.1) is 19.8 Å². The van der Waals surface area contributed by atoms with Crippen LogP contribution in [-0.2, 0) is 11.3 Å². The van der Waals surface area contributed by atoms with Crippen LogP contribution in [0.1, 0.15) is 49.3 Å². The molecule has 2 aromatic heterocycles. The number of amides is 1. The number of nitrogens with zero attached hydrogens (tertiary/aromatic N) is 3. The van der Waals surface area contributed by atoms with Crippen molar-refractivity contribution in [2.75, 3.05) is 6.54 Å². The molecule has 23 heavy (non-hydrogen) atoms. The van der Waals surface area contributed by atoms with Gasteiger partial charge in [-0.25, -0.2) is 0 Å². The molecule has 2 atom stereocenters. The van der Waals surface area contributed by atoms with Crippen LogP contribution in [0.2, 0.25) is 0 Å². The van der Waals surface area contributed by atoms with Crippen LogP contribution in [0.4, 0.5) is 0 Å². The molecule has 3 heterocycles. The molecule has 0 unspecified atom stereocenters. The zero-order valence-corrected chi connectivity index (χ0v) is 14.2. The standard InChI is InChI=1S/C18H25N3O2/c1-13-6-9-21(16(10-13)17-5-4-15(3)23-17)18(22)7-8-20-12-14(2)11-19-20/h4-5,11-13,16H,6-10H2,1-3H3/t13-,16+/m1/s1. The predicted molar refractivity (Wildman–Crippen MR) is 87.9 cm³/mol. The lowest BCUT2D eigenvalue weighted by Crippen LogP contribution is -2.40. The molecule has 1 fully saturated rings. The largest absolute Gasteiger partial charge is 0.464 e. The van der Waals surface area contributed by atoms with Gasteiger partial charge in [-0.05, 0) is 50.3 Å². The Hall–Kier alpha value is -2.04. The summed E-state index contributed by atoms with van der Waals surface area (Å²) < 4.78 is 7.65. The Bertz CT molecular complexity index is 673. The van der Waals surface area contributed by atoms with E-state index in [4.69, 9.17) is 4.42 Å². The fourth-order valence-electron chi connectivity index (χ4n) is 3.29. The van der Waals surface area contributed by atoms with Gasteiger partial charge in [0.1, 0.15) is 11.5 Å². The number of likely N-dealkylation sites (tertiary alicyclic amines) is 1. The summed E-state index contributed by atoms with van der Waals surface area (Å²) in [5.74, 6) is 2.61. The maximum absolute atomic E-state index is 12.7. The topological polar surface area (TPSA) is 51.3 Å². The molecule has 5 heteroatoms. The molecule has 0 radical (unpaired) electrons. The highest BCUT2D eigenvalue weighted by atomic mass is 16.3. The first-order chi connectivity index (χ1) is 11.0. The molecule has 1 aliphatic heterocycles. The van der Waals surface area contributed by atoms with E-state index in [2.05, 4.69) is 12.0 Å². The van der Waals surface area contributed by atoms with Crippen LogP contribution < -0.4 is 0 Å². The maximum Gasteiger partial charge on any atom is 0.225 e. The highest BCUT2D eigenvalue weighted by molar-refractivity contribution is 5.76. The molecular weight excluding hydrogens is 290 g/mol. The van der Waals surface area contributed by atoms with Gasteiger partial charge in [0.15, 0.2) is 0 Å². The first kappa shape index (κ1) is 15.8. The smallest absolute Gasteiger partial charge is 0.225 e. The minimum absolute atomic E-state index is 0.0688. The van der Waals surface area contributed by atoms with Crippen molar-refractivity contribution in [3.8, 4) is 0 Å². The lowest BCUT2D eigenvalue weighted by molar-refractivity contribution is -0.136. The van der Waals surface area contributed by atoms with E-state index in [0.29, 0.717) is 18.9 Å². The summed E-state index contributed by atoms with van der Waals surface area (Å²) in [6.45, 7) is 7.64. The van der Waals surface area contributed by atoms with Crippen molar-refractivity contribution in [2.24, 2.45) is 5.92 Å². The average molecular weight is 315 g/mol. The third kappa shape index (κ3) is 3.66. The van der Waals surface area contributed by atoms with Gasteiger partial charge in [-0.3, -0.25) is 9.48 Å². The van der Waals surface area contributed by atoms with Crippen LogP contribution in [0.5, 0.6) is 0 Å². The van der Waals surface area contributed by atoms with Crippen molar-refractivity contribution < 1.29 is 9.21 Å². The van der Waals surface area contributed by atoms with Crippen molar-refractivity contribution in [1.82, 2.24) is 14.7 Å². The lowest BCUT2D eigenvalue weighted by atomic mass is 9.91. The highest BCUT2D eigenvalue weighted by Crippen LogP contribution is 2.35. The molecule has 5 nitrogen and oxygen atoms in total. The van der Waals surface area contributed by atoms with E-state index in [1.807, 2.05) is 48.0 Å². The first-order valence-electron chi connectivity index (χ1n) is 8.38. The van der Waals surface area contributed by atoms with Crippen molar-refractivity contribution >= 4 is 5.91 Å². The van der Waals surface area contributed by atoms with Gasteiger partial charge < -0.3 is 9.32 Å². The van der Waals surface area contributed by atoms with Crippen molar-refractivity contribution in [3.63, 3.8) is 0 Å². The third-order valence-electron chi connectivity index (χ3n) is 4.59. The van der Waals surface area contributed by atoms with Gasteiger partial charge in [-0.1, -0.05) is 6.92 Å². The number of aromatic nitrogens is 2. The quantitative estimate of drug-likeness (QED) is 0.868. The van der Waals surface area contributed by atoms with Crippen molar-refractivity contribution in [1.29, 1.82) is 0 Å². The Labute approximate surface area is 137 Å². The molecular formula is C18H25N3O2. The number of aryl methyl sites for hydroxylation is 3. The summed E-state index contributed by atoms with van der Waals surface area (Å²) in [4.78, 5) is 14.7. The van der Waals surface area contributed by atoms with Crippen LogP contribution in [-0.4, -0.2) is 27.1 Å². The van der Waals surface area contributed by atoms with Gasteiger partial charge in [0.2, 0.25) is 5.91 Å². The van der Waals surface area contributed by atoms with Gasteiger partial charge in [-0.2, -0.15) is 5.10 Å². The SMILES string of the molecule is Cc1cnn(CCC(=O)N2CC[C@@H](C)C[C@H]2c2ccc(C)o2)c1. The second-order valence-corrected chi connectivity index (χ2v) is 6.71. The number of furan rings is 1. The minimum Gasteiger partial charge on any atom is -0.464 e. The molecule has 3 rings (SSSR count). The second kappa shape index (κ2) is 6.60. The van der Waals surface area contributed by atoms with Crippen LogP contribution in [0.25, 0.3) is 0 Å². The number of carbonyl (C=O) groups excluding carboxylic acids is 1. The molecule has 0 aliphatic carbocycles. The fourth-order valence-corrected chi connectivity index (χ4v) is 3.29. The predicted octanol–water partition coefficient (Wildman–Crippen LogP) is 3.48. The highest BCUT2D eigenvalue weighted by Gasteiger charge is 2.32. The summed E-state index contributed by atoms with van der Waals surface area (Å²) in [7, 11) is 0. The average Bonchev–Trinajstić information content (AvgIpc) is 3.13. The van der Waals surface area contributed by atoms with E-state index in [-0.39, 0.29) is 11.9 Å². The first-order valence-corrected chi connectivity index (χ1v) is 8.38. The van der Waals surface area contributed by atoms with E-state index in [1.54, 1.807) is 0 Å².